The maximum absolute atomic E-state index is 11.0. The fourth-order valence-electron chi connectivity index (χ4n) is 3.64. The quantitative estimate of drug-likeness (QED) is 0.616. The van der Waals surface area contributed by atoms with Crippen molar-refractivity contribution in [3.8, 4) is 5.75 Å². The Hall–Kier alpha value is -1.85. The van der Waals surface area contributed by atoms with E-state index >= 15 is 0 Å². The predicted molar refractivity (Wildman–Crippen MR) is 109 cm³/mol. The fraction of sp³-hybridized carbons (Fsp3) is 0.500. The highest BCUT2D eigenvalue weighted by Crippen LogP contribution is 2.26. The van der Waals surface area contributed by atoms with Crippen LogP contribution in [0.1, 0.15) is 48.1 Å². The van der Waals surface area contributed by atoms with Crippen LogP contribution in [0.15, 0.2) is 35.7 Å². The van der Waals surface area contributed by atoms with Crippen LogP contribution in [0, 0.1) is 12.8 Å². The number of carbonyl (C=O) groups is 1. The van der Waals surface area contributed by atoms with Crippen molar-refractivity contribution in [3.05, 3.63) is 51.7 Å². The molecule has 5 heteroatoms. The van der Waals surface area contributed by atoms with Crippen molar-refractivity contribution in [2.75, 3.05) is 13.2 Å². The summed E-state index contributed by atoms with van der Waals surface area (Å²) in [5.41, 5.74) is 2.42. The molecule has 0 radical (unpaired) electrons. The third kappa shape index (κ3) is 6.67. The number of aryl methyl sites for hydroxylation is 1. The zero-order valence-corrected chi connectivity index (χ0v) is 16.8. The SMILES string of the molecule is Cc1csc(CN(CCC(=O)O)Cc2cccc(OCC3CCCC3)c2)c1. The molecule has 1 aromatic heterocycles. The van der Waals surface area contributed by atoms with E-state index in [9.17, 15) is 4.79 Å². The van der Waals surface area contributed by atoms with Crippen LogP contribution in [0.2, 0.25) is 0 Å². The number of thiophene rings is 1. The summed E-state index contributed by atoms with van der Waals surface area (Å²) in [6, 6.07) is 10.4. The summed E-state index contributed by atoms with van der Waals surface area (Å²) in [6.45, 7) is 4.94. The van der Waals surface area contributed by atoms with Crippen LogP contribution < -0.4 is 4.74 Å². The van der Waals surface area contributed by atoms with E-state index < -0.39 is 5.97 Å². The molecule has 146 valence electrons. The minimum absolute atomic E-state index is 0.155. The first-order valence-electron chi connectivity index (χ1n) is 9.78. The van der Waals surface area contributed by atoms with Gasteiger partial charge in [-0.2, -0.15) is 0 Å². The van der Waals surface area contributed by atoms with Crippen LogP contribution in [-0.4, -0.2) is 29.1 Å². The number of hydrogen-bond acceptors (Lipinski definition) is 4. The monoisotopic (exact) mass is 387 g/mol. The van der Waals surface area contributed by atoms with Crippen molar-refractivity contribution in [1.29, 1.82) is 0 Å². The molecule has 1 saturated carbocycles. The Morgan fingerprint density at radius 1 is 1.26 bits per heavy atom. The molecule has 0 aliphatic heterocycles. The van der Waals surface area contributed by atoms with Crippen LogP contribution >= 0.6 is 11.3 Å². The van der Waals surface area contributed by atoms with Crippen LogP contribution in [0.5, 0.6) is 5.75 Å². The van der Waals surface area contributed by atoms with Gasteiger partial charge in [0.05, 0.1) is 13.0 Å². The smallest absolute Gasteiger partial charge is 0.304 e. The molecule has 1 heterocycles. The lowest BCUT2D eigenvalue weighted by Crippen LogP contribution is -2.25. The van der Waals surface area contributed by atoms with Crippen molar-refractivity contribution in [2.24, 2.45) is 5.92 Å². The van der Waals surface area contributed by atoms with Gasteiger partial charge in [-0.1, -0.05) is 25.0 Å². The molecule has 0 bridgehead atoms. The summed E-state index contributed by atoms with van der Waals surface area (Å²) in [5, 5.41) is 11.2. The largest absolute Gasteiger partial charge is 0.493 e. The van der Waals surface area contributed by atoms with E-state index in [1.54, 1.807) is 11.3 Å². The summed E-state index contributed by atoms with van der Waals surface area (Å²) >= 11 is 1.73. The van der Waals surface area contributed by atoms with Crippen LogP contribution in [0.4, 0.5) is 0 Å². The molecule has 1 fully saturated rings. The summed E-state index contributed by atoms with van der Waals surface area (Å²) < 4.78 is 6.02. The van der Waals surface area contributed by atoms with Gasteiger partial charge in [-0.3, -0.25) is 9.69 Å². The van der Waals surface area contributed by atoms with Crippen molar-refractivity contribution >= 4 is 17.3 Å². The van der Waals surface area contributed by atoms with Crippen molar-refractivity contribution in [3.63, 3.8) is 0 Å². The van der Waals surface area contributed by atoms with Crippen LogP contribution in [0.3, 0.4) is 0 Å². The molecular formula is C22H29NO3S. The number of carboxylic acids is 1. The minimum atomic E-state index is -0.754. The van der Waals surface area contributed by atoms with Gasteiger partial charge in [0.25, 0.3) is 0 Å². The predicted octanol–water partition coefficient (Wildman–Crippen LogP) is 5.10. The Labute approximate surface area is 165 Å². The molecule has 4 nitrogen and oxygen atoms in total. The van der Waals surface area contributed by atoms with Gasteiger partial charge in [-0.15, -0.1) is 11.3 Å². The number of nitrogens with zero attached hydrogens (tertiary/aromatic N) is 1. The number of rotatable bonds is 10. The second-order valence-corrected chi connectivity index (χ2v) is 8.55. The molecule has 27 heavy (non-hydrogen) atoms. The number of carboxylic acid groups (broad SMARTS) is 1. The van der Waals surface area contributed by atoms with E-state index in [1.807, 2.05) is 12.1 Å². The molecule has 3 rings (SSSR count). The van der Waals surface area contributed by atoms with Gasteiger partial charge in [0.15, 0.2) is 0 Å². The molecule has 1 aliphatic rings. The van der Waals surface area contributed by atoms with E-state index in [4.69, 9.17) is 9.84 Å². The highest BCUT2D eigenvalue weighted by molar-refractivity contribution is 7.10. The zero-order chi connectivity index (χ0) is 19.1. The van der Waals surface area contributed by atoms with E-state index in [0.717, 1.165) is 31.0 Å². The third-order valence-corrected chi connectivity index (χ3v) is 6.11. The average molecular weight is 388 g/mol. The molecule has 0 amide bonds. The van der Waals surface area contributed by atoms with E-state index in [0.29, 0.717) is 12.5 Å². The molecule has 0 saturated heterocycles. The van der Waals surface area contributed by atoms with Gasteiger partial charge in [-0.05, 0) is 60.4 Å². The molecule has 0 unspecified atom stereocenters. The van der Waals surface area contributed by atoms with Gasteiger partial charge in [0, 0.05) is 24.5 Å². The van der Waals surface area contributed by atoms with E-state index in [1.165, 1.54) is 36.1 Å². The molecule has 2 aromatic rings. The second kappa shape index (κ2) is 9.90. The molecule has 1 aliphatic carbocycles. The lowest BCUT2D eigenvalue weighted by molar-refractivity contribution is -0.137. The van der Waals surface area contributed by atoms with Crippen molar-refractivity contribution < 1.29 is 14.6 Å². The van der Waals surface area contributed by atoms with Gasteiger partial charge in [0.1, 0.15) is 5.75 Å². The molecule has 0 spiro atoms. The number of benzene rings is 1. The Morgan fingerprint density at radius 3 is 2.78 bits per heavy atom. The highest BCUT2D eigenvalue weighted by Gasteiger charge is 2.16. The molecule has 1 N–H and O–H groups in total. The van der Waals surface area contributed by atoms with E-state index in [2.05, 4.69) is 35.4 Å². The van der Waals surface area contributed by atoms with E-state index in [-0.39, 0.29) is 6.42 Å². The first kappa shape index (κ1) is 19.9. The van der Waals surface area contributed by atoms with Crippen LogP contribution in [-0.2, 0) is 17.9 Å². The highest BCUT2D eigenvalue weighted by atomic mass is 32.1. The van der Waals surface area contributed by atoms with Crippen LogP contribution in [0.25, 0.3) is 0 Å². The lowest BCUT2D eigenvalue weighted by Gasteiger charge is -2.21. The second-order valence-electron chi connectivity index (χ2n) is 7.55. The average Bonchev–Trinajstić information content (AvgIpc) is 3.30. The normalized spacial score (nSPS) is 14.7. The maximum atomic E-state index is 11.0. The molecule has 1 aromatic carbocycles. The van der Waals surface area contributed by atoms with Gasteiger partial charge >= 0.3 is 5.97 Å². The van der Waals surface area contributed by atoms with Gasteiger partial charge in [0.2, 0.25) is 0 Å². The number of hydrogen-bond donors (Lipinski definition) is 1. The third-order valence-electron chi connectivity index (χ3n) is 5.07. The number of ether oxygens (including phenoxy) is 1. The summed E-state index contributed by atoms with van der Waals surface area (Å²) in [4.78, 5) is 14.5. The standard InChI is InChI=1S/C22H29NO3S/c1-17-11-21(27-16-17)14-23(10-9-22(24)25)13-19-7-4-8-20(12-19)26-15-18-5-2-3-6-18/h4,7-8,11-12,16,18H,2-3,5-6,9-10,13-15H2,1H3,(H,24,25). The summed E-state index contributed by atoms with van der Waals surface area (Å²) in [5.74, 6) is 0.864. The zero-order valence-electron chi connectivity index (χ0n) is 16.0. The summed E-state index contributed by atoms with van der Waals surface area (Å²) in [6.07, 6.45) is 5.37. The van der Waals surface area contributed by atoms with Gasteiger partial charge < -0.3 is 9.84 Å². The Balaban J connectivity index is 1.60. The summed E-state index contributed by atoms with van der Waals surface area (Å²) in [7, 11) is 0. The fourth-order valence-corrected chi connectivity index (χ4v) is 4.56. The van der Waals surface area contributed by atoms with Crippen molar-refractivity contribution in [2.45, 2.75) is 52.1 Å². The lowest BCUT2D eigenvalue weighted by atomic mass is 10.1. The van der Waals surface area contributed by atoms with Crippen molar-refractivity contribution in [1.82, 2.24) is 4.90 Å². The first-order valence-corrected chi connectivity index (χ1v) is 10.7. The maximum Gasteiger partial charge on any atom is 0.304 e. The molecule has 0 atom stereocenters. The minimum Gasteiger partial charge on any atom is -0.493 e. The number of aliphatic carboxylic acids is 1. The Bertz CT molecular complexity index is 737. The molecular weight excluding hydrogens is 358 g/mol. The first-order chi connectivity index (χ1) is 13.1. The Kier molecular flexibility index (Phi) is 7.30. The van der Waals surface area contributed by atoms with Gasteiger partial charge in [-0.25, -0.2) is 0 Å². The Morgan fingerprint density at radius 2 is 2.07 bits per heavy atom. The topological polar surface area (TPSA) is 49.8 Å².